The molecule has 164 valence electrons. The predicted molar refractivity (Wildman–Crippen MR) is 108 cm³/mol. The number of aromatic carboxylic acids is 3. The van der Waals surface area contributed by atoms with Crippen LogP contribution in [-0.2, 0) is 0 Å². The van der Waals surface area contributed by atoms with Gasteiger partial charge in [-0.25, -0.2) is 14.4 Å². The Hall–Kier alpha value is -4.73. The molecule has 10 nitrogen and oxygen atoms in total. The van der Waals surface area contributed by atoms with Gasteiger partial charge in [-0.1, -0.05) is 18.2 Å². The van der Waals surface area contributed by atoms with Crippen LogP contribution in [-0.4, -0.2) is 53.7 Å². The number of benzene rings is 3. The molecule has 0 aliphatic rings. The van der Waals surface area contributed by atoms with Crippen LogP contribution in [0.15, 0.2) is 48.5 Å². The minimum absolute atomic E-state index is 0.0933. The highest BCUT2D eigenvalue weighted by molar-refractivity contribution is 5.95. The van der Waals surface area contributed by atoms with Crippen LogP contribution in [0.25, 0.3) is 0 Å². The molecule has 0 saturated carbocycles. The van der Waals surface area contributed by atoms with E-state index in [1.54, 1.807) is 0 Å². The molecule has 0 unspecified atom stereocenters. The Labute approximate surface area is 179 Å². The topological polar surface area (TPSA) is 193 Å². The lowest BCUT2D eigenvalue weighted by molar-refractivity contribution is 0.0679. The molecule has 0 fully saturated rings. The Morgan fingerprint density at radius 3 is 1.44 bits per heavy atom. The van der Waals surface area contributed by atoms with Crippen LogP contribution in [0, 0.1) is 0 Å². The van der Waals surface area contributed by atoms with Crippen LogP contribution in [0.5, 0.6) is 23.0 Å². The predicted octanol–water partition coefficient (Wildman–Crippen LogP) is 2.78. The van der Waals surface area contributed by atoms with Gasteiger partial charge in [0.25, 0.3) is 0 Å². The lowest BCUT2D eigenvalue weighted by Gasteiger charge is -2.22. The first-order valence-electron chi connectivity index (χ1n) is 8.93. The van der Waals surface area contributed by atoms with Gasteiger partial charge in [-0.15, -0.1) is 0 Å². The zero-order chi connectivity index (χ0) is 23.7. The second-order valence-electron chi connectivity index (χ2n) is 6.80. The van der Waals surface area contributed by atoms with Gasteiger partial charge in [-0.05, 0) is 41.5 Å². The number of carboxylic acid groups (broad SMARTS) is 3. The first-order chi connectivity index (χ1) is 15.0. The first kappa shape index (κ1) is 22.0. The number of carbonyl (C=O) groups is 3. The molecule has 0 radical (unpaired) electrons. The Morgan fingerprint density at radius 2 is 1.03 bits per heavy atom. The standard InChI is InChI=1S/C22H16O10/c23-14-4-1-9(7-12(14)20(27)28)17(10-2-5-15(24)13(8-10)21(29)30)11-3-6-16(25)18(19(11)26)22(31)32/h1-8,17,23-26H,(H,27,28)(H,29,30)(H,31,32). The summed E-state index contributed by atoms with van der Waals surface area (Å²) in [5.74, 6) is -8.30. The number of rotatable bonds is 6. The molecule has 0 aliphatic heterocycles. The second-order valence-corrected chi connectivity index (χ2v) is 6.80. The second kappa shape index (κ2) is 8.19. The van der Waals surface area contributed by atoms with E-state index in [1.165, 1.54) is 18.2 Å². The molecule has 0 spiro atoms. The molecule has 32 heavy (non-hydrogen) atoms. The van der Waals surface area contributed by atoms with Crippen molar-refractivity contribution in [1.82, 2.24) is 0 Å². The summed E-state index contributed by atoms with van der Waals surface area (Å²) in [6.07, 6.45) is 0. The van der Waals surface area contributed by atoms with Crippen molar-refractivity contribution in [3.8, 4) is 23.0 Å². The minimum atomic E-state index is -1.63. The SMILES string of the molecule is O=C(O)c1cc(C(c2ccc(O)c(C(=O)O)c2)c2ccc(O)c(C(=O)O)c2O)ccc1O. The van der Waals surface area contributed by atoms with Crippen molar-refractivity contribution in [2.24, 2.45) is 0 Å². The van der Waals surface area contributed by atoms with Crippen molar-refractivity contribution >= 4 is 17.9 Å². The van der Waals surface area contributed by atoms with Crippen molar-refractivity contribution in [3.05, 3.63) is 81.9 Å². The van der Waals surface area contributed by atoms with E-state index in [4.69, 9.17) is 0 Å². The van der Waals surface area contributed by atoms with Crippen molar-refractivity contribution < 1.29 is 50.1 Å². The number of carboxylic acids is 3. The number of hydrogen-bond acceptors (Lipinski definition) is 7. The molecule has 3 aromatic carbocycles. The fourth-order valence-electron chi connectivity index (χ4n) is 3.40. The third kappa shape index (κ3) is 3.84. The molecule has 0 saturated heterocycles. The van der Waals surface area contributed by atoms with Crippen LogP contribution in [0.1, 0.15) is 53.7 Å². The van der Waals surface area contributed by atoms with Crippen LogP contribution in [0.2, 0.25) is 0 Å². The van der Waals surface area contributed by atoms with Gasteiger partial charge in [0, 0.05) is 11.5 Å². The van der Waals surface area contributed by atoms with Crippen LogP contribution in [0.4, 0.5) is 0 Å². The summed E-state index contributed by atoms with van der Waals surface area (Å²) in [4.78, 5) is 34.5. The first-order valence-corrected chi connectivity index (χ1v) is 8.93. The zero-order valence-corrected chi connectivity index (χ0v) is 16.1. The molecular weight excluding hydrogens is 424 g/mol. The monoisotopic (exact) mass is 440 g/mol. The van der Waals surface area contributed by atoms with Crippen LogP contribution in [0.3, 0.4) is 0 Å². The van der Waals surface area contributed by atoms with Crippen molar-refractivity contribution in [2.75, 3.05) is 0 Å². The number of aromatic hydroxyl groups is 4. The third-order valence-electron chi connectivity index (χ3n) is 4.88. The summed E-state index contributed by atoms with van der Waals surface area (Å²) >= 11 is 0. The molecule has 3 aromatic rings. The van der Waals surface area contributed by atoms with Gasteiger partial charge in [0.15, 0.2) is 0 Å². The molecule has 0 heterocycles. The van der Waals surface area contributed by atoms with E-state index >= 15 is 0 Å². The van der Waals surface area contributed by atoms with Crippen molar-refractivity contribution in [2.45, 2.75) is 5.92 Å². The normalized spacial score (nSPS) is 10.8. The maximum absolute atomic E-state index is 11.5. The maximum atomic E-state index is 11.5. The molecule has 0 bridgehead atoms. The van der Waals surface area contributed by atoms with Gasteiger partial charge < -0.3 is 35.7 Å². The summed E-state index contributed by atoms with van der Waals surface area (Å²) in [5, 5.41) is 68.2. The molecule has 0 aliphatic carbocycles. The number of phenols is 4. The molecule has 0 atom stereocenters. The minimum Gasteiger partial charge on any atom is -0.507 e. The molecular formula is C22H16O10. The third-order valence-corrected chi connectivity index (χ3v) is 4.88. The van der Waals surface area contributed by atoms with Gasteiger partial charge in [-0.3, -0.25) is 0 Å². The van der Waals surface area contributed by atoms with Gasteiger partial charge in [0.2, 0.25) is 0 Å². The molecule has 7 N–H and O–H groups in total. The lowest BCUT2D eigenvalue weighted by atomic mass is 9.82. The van der Waals surface area contributed by atoms with Gasteiger partial charge in [0.05, 0.1) is 0 Å². The van der Waals surface area contributed by atoms with Gasteiger partial charge in [-0.2, -0.15) is 0 Å². The fraction of sp³-hybridized carbons (Fsp3) is 0.0455. The Balaban J connectivity index is 2.37. The number of hydrogen-bond donors (Lipinski definition) is 7. The Bertz CT molecular complexity index is 1200. The smallest absolute Gasteiger partial charge is 0.343 e. The van der Waals surface area contributed by atoms with E-state index in [2.05, 4.69) is 0 Å². The van der Waals surface area contributed by atoms with Crippen LogP contribution < -0.4 is 0 Å². The summed E-state index contributed by atoms with van der Waals surface area (Å²) in [6.45, 7) is 0. The van der Waals surface area contributed by atoms with Crippen LogP contribution >= 0.6 is 0 Å². The van der Waals surface area contributed by atoms with E-state index in [0.29, 0.717) is 0 Å². The van der Waals surface area contributed by atoms with E-state index in [0.717, 1.165) is 30.3 Å². The fourth-order valence-corrected chi connectivity index (χ4v) is 3.40. The molecule has 0 amide bonds. The summed E-state index contributed by atoms with van der Waals surface area (Å²) in [7, 11) is 0. The zero-order valence-electron chi connectivity index (χ0n) is 16.1. The Morgan fingerprint density at radius 1 is 0.594 bits per heavy atom. The highest BCUT2D eigenvalue weighted by Gasteiger charge is 2.28. The average Bonchev–Trinajstić information content (AvgIpc) is 2.71. The average molecular weight is 440 g/mol. The van der Waals surface area contributed by atoms with E-state index in [1.807, 2.05) is 0 Å². The summed E-state index contributed by atoms with van der Waals surface area (Å²) in [5.41, 5.74) is -1.56. The quantitative estimate of drug-likeness (QED) is 0.280. The van der Waals surface area contributed by atoms with E-state index in [-0.39, 0.29) is 16.7 Å². The van der Waals surface area contributed by atoms with E-state index in [9.17, 15) is 50.1 Å². The van der Waals surface area contributed by atoms with E-state index < -0.39 is 63.5 Å². The van der Waals surface area contributed by atoms with Crippen molar-refractivity contribution in [1.29, 1.82) is 0 Å². The summed E-state index contributed by atoms with van der Waals surface area (Å²) < 4.78 is 0. The highest BCUT2D eigenvalue weighted by atomic mass is 16.4. The largest absolute Gasteiger partial charge is 0.507 e. The van der Waals surface area contributed by atoms with Crippen molar-refractivity contribution in [3.63, 3.8) is 0 Å². The van der Waals surface area contributed by atoms with Gasteiger partial charge >= 0.3 is 17.9 Å². The lowest BCUT2D eigenvalue weighted by Crippen LogP contribution is -2.09. The molecule has 3 rings (SSSR count). The van der Waals surface area contributed by atoms with Gasteiger partial charge in [0.1, 0.15) is 39.7 Å². The molecule has 0 aromatic heterocycles. The Kier molecular flexibility index (Phi) is 5.62. The molecule has 10 heteroatoms. The maximum Gasteiger partial charge on any atom is 0.343 e. The highest BCUT2D eigenvalue weighted by Crippen LogP contribution is 2.42. The summed E-state index contributed by atoms with van der Waals surface area (Å²) in [6, 6.07) is 9.17.